The van der Waals surface area contributed by atoms with Crippen LogP contribution in [0.1, 0.15) is 5.56 Å². The summed E-state index contributed by atoms with van der Waals surface area (Å²) in [5.74, 6) is 3.23. The van der Waals surface area contributed by atoms with Gasteiger partial charge in [-0.25, -0.2) is 8.42 Å². The molecule has 19 heavy (non-hydrogen) atoms. The molecule has 1 aromatic rings. The normalized spacial score (nSPS) is 11.0. The maximum Gasteiger partial charge on any atom is 0.148 e. The number of nitrogens with one attached hydrogen (secondary N) is 1. The Labute approximate surface area is 122 Å². The lowest BCUT2D eigenvalue weighted by Crippen LogP contribution is -2.22. The van der Waals surface area contributed by atoms with Gasteiger partial charge in [-0.05, 0) is 18.2 Å². The second kappa shape index (κ2) is 7.53. The third kappa shape index (κ3) is 6.62. The molecule has 104 valence electrons. The third-order valence-corrected chi connectivity index (χ3v) is 3.74. The van der Waals surface area contributed by atoms with Gasteiger partial charge in [0.1, 0.15) is 22.2 Å². The zero-order chi connectivity index (χ0) is 14.3. The van der Waals surface area contributed by atoms with Gasteiger partial charge in [0.2, 0.25) is 0 Å². The summed E-state index contributed by atoms with van der Waals surface area (Å²) >= 11 is 3.39. The summed E-state index contributed by atoms with van der Waals surface area (Å²) in [6.07, 6.45) is 6.38. The number of hydrogen-bond acceptors (Lipinski definition) is 4. The van der Waals surface area contributed by atoms with Gasteiger partial charge in [-0.15, -0.1) is 6.42 Å². The van der Waals surface area contributed by atoms with Crippen LogP contribution in [0.2, 0.25) is 0 Å². The molecule has 4 nitrogen and oxygen atoms in total. The summed E-state index contributed by atoms with van der Waals surface area (Å²) in [6.45, 7) is 1.13. The van der Waals surface area contributed by atoms with E-state index in [2.05, 4.69) is 27.2 Å². The molecule has 0 amide bonds. The maximum absolute atomic E-state index is 11.0. The number of benzene rings is 1. The molecule has 0 fully saturated rings. The lowest BCUT2D eigenvalue weighted by atomic mass is 10.2. The van der Waals surface area contributed by atoms with E-state index in [0.717, 1.165) is 10.0 Å². The standard InChI is InChI=1S/C13H16BrNO3S/c1-3-7-18-13-5-4-12(14)9-11(13)10-15-6-8-19(2,16)17/h1,4-5,9,15H,6-8,10H2,2H3. The van der Waals surface area contributed by atoms with E-state index in [-0.39, 0.29) is 12.4 Å². The van der Waals surface area contributed by atoms with Gasteiger partial charge in [0.25, 0.3) is 0 Å². The highest BCUT2D eigenvalue weighted by atomic mass is 79.9. The first-order chi connectivity index (χ1) is 8.92. The van der Waals surface area contributed by atoms with Gasteiger partial charge in [-0.1, -0.05) is 21.9 Å². The van der Waals surface area contributed by atoms with Crippen molar-refractivity contribution in [1.82, 2.24) is 5.32 Å². The van der Waals surface area contributed by atoms with Crippen LogP contribution in [-0.4, -0.2) is 33.6 Å². The minimum Gasteiger partial charge on any atom is -0.481 e. The molecule has 0 aromatic heterocycles. The van der Waals surface area contributed by atoms with Crippen molar-refractivity contribution in [2.24, 2.45) is 0 Å². The minimum atomic E-state index is -2.94. The Balaban J connectivity index is 2.60. The zero-order valence-electron chi connectivity index (χ0n) is 10.6. The Morgan fingerprint density at radius 2 is 2.21 bits per heavy atom. The molecule has 0 bridgehead atoms. The Hall–Kier alpha value is -1.03. The number of terminal acetylenes is 1. The van der Waals surface area contributed by atoms with E-state index >= 15 is 0 Å². The summed E-state index contributed by atoms with van der Waals surface area (Å²) in [5, 5.41) is 3.07. The quantitative estimate of drug-likeness (QED) is 0.602. The number of ether oxygens (including phenoxy) is 1. The number of hydrogen-bond donors (Lipinski definition) is 1. The van der Waals surface area contributed by atoms with Crippen LogP contribution in [0.25, 0.3) is 0 Å². The second-order valence-corrected chi connectivity index (χ2v) is 7.23. The maximum atomic E-state index is 11.0. The van der Waals surface area contributed by atoms with Gasteiger partial charge in [0.15, 0.2) is 0 Å². The van der Waals surface area contributed by atoms with Crippen LogP contribution in [0.4, 0.5) is 0 Å². The summed E-state index contributed by atoms with van der Waals surface area (Å²) in [7, 11) is -2.94. The molecular weight excluding hydrogens is 330 g/mol. The fourth-order valence-electron chi connectivity index (χ4n) is 1.43. The van der Waals surface area contributed by atoms with Crippen molar-refractivity contribution in [3.8, 4) is 18.1 Å². The topological polar surface area (TPSA) is 55.4 Å². The van der Waals surface area contributed by atoms with E-state index in [4.69, 9.17) is 11.2 Å². The van der Waals surface area contributed by atoms with Gasteiger partial charge in [-0.3, -0.25) is 0 Å². The summed E-state index contributed by atoms with van der Waals surface area (Å²) in [4.78, 5) is 0. The summed E-state index contributed by atoms with van der Waals surface area (Å²) < 4.78 is 28.4. The first-order valence-electron chi connectivity index (χ1n) is 5.65. The Morgan fingerprint density at radius 3 is 2.84 bits per heavy atom. The van der Waals surface area contributed by atoms with Crippen LogP contribution >= 0.6 is 15.9 Å². The van der Waals surface area contributed by atoms with Crippen molar-refractivity contribution in [3.05, 3.63) is 28.2 Å². The van der Waals surface area contributed by atoms with Crippen molar-refractivity contribution >= 4 is 25.8 Å². The zero-order valence-corrected chi connectivity index (χ0v) is 13.1. The van der Waals surface area contributed by atoms with E-state index in [9.17, 15) is 8.42 Å². The highest BCUT2D eigenvalue weighted by Gasteiger charge is 2.06. The van der Waals surface area contributed by atoms with Crippen molar-refractivity contribution in [3.63, 3.8) is 0 Å². The molecule has 0 aliphatic carbocycles. The molecule has 6 heteroatoms. The number of sulfone groups is 1. The molecule has 0 saturated heterocycles. The molecule has 0 saturated carbocycles. The van der Waals surface area contributed by atoms with Crippen LogP contribution < -0.4 is 10.1 Å². The predicted octanol–water partition coefficient (Wildman–Crippen LogP) is 1.60. The molecule has 0 aliphatic heterocycles. The Kier molecular flexibility index (Phi) is 6.35. The van der Waals surface area contributed by atoms with E-state index in [1.165, 1.54) is 6.26 Å². The van der Waals surface area contributed by atoms with Gasteiger partial charge < -0.3 is 10.1 Å². The van der Waals surface area contributed by atoms with Gasteiger partial charge >= 0.3 is 0 Å². The molecule has 0 radical (unpaired) electrons. The highest BCUT2D eigenvalue weighted by molar-refractivity contribution is 9.10. The molecule has 0 atom stereocenters. The molecule has 0 spiro atoms. The Morgan fingerprint density at radius 1 is 1.47 bits per heavy atom. The van der Waals surface area contributed by atoms with Crippen molar-refractivity contribution in [1.29, 1.82) is 0 Å². The SMILES string of the molecule is C#CCOc1ccc(Br)cc1CNCCS(C)(=O)=O. The van der Waals surface area contributed by atoms with Crippen LogP contribution in [0.3, 0.4) is 0 Å². The van der Waals surface area contributed by atoms with E-state index in [1.807, 2.05) is 18.2 Å². The van der Waals surface area contributed by atoms with Crippen molar-refractivity contribution in [2.45, 2.75) is 6.54 Å². The van der Waals surface area contributed by atoms with E-state index in [0.29, 0.717) is 18.8 Å². The molecule has 1 N–H and O–H groups in total. The monoisotopic (exact) mass is 345 g/mol. The van der Waals surface area contributed by atoms with Gasteiger partial charge in [0, 0.05) is 29.4 Å². The van der Waals surface area contributed by atoms with Gasteiger partial charge in [-0.2, -0.15) is 0 Å². The predicted molar refractivity (Wildman–Crippen MR) is 79.9 cm³/mol. The van der Waals surface area contributed by atoms with Crippen LogP contribution in [-0.2, 0) is 16.4 Å². The molecule has 0 unspecified atom stereocenters. The largest absolute Gasteiger partial charge is 0.481 e. The molecule has 1 aromatic carbocycles. The van der Waals surface area contributed by atoms with Crippen LogP contribution in [0.5, 0.6) is 5.75 Å². The second-order valence-electron chi connectivity index (χ2n) is 4.05. The average molecular weight is 346 g/mol. The lowest BCUT2D eigenvalue weighted by Gasteiger charge is -2.11. The first-order valence-corrected chi connectivity index (χ1v) is 8.51. The average Bonchev–Trinajstić information content (AvgIpc) is 2.32. The van der Waals surface area contributed by atoms with E-state index < -0.39 is 9.84 Å². The van der Waals surface area contributed by atoms with Crippen LogP contribution in [0.15, 0.2) is 22.7 Å². The number of halogens is 1. The van der Waals surface area contributed by atoms with E-state index in [1.54, 1.807) is 0 Å². The molecular formula is C13H16BrNO3S. The van der Waals surface area contributed by atoms with Gasteiger partial charge in [0.05, 0.1) is 5.75 Å². The molecule has 0 heterocycles. The third-order valence-electron chi connectivity index (χ3n) is 2.30. The van der Waals surface area contributed by atoms with Crippen molar-refractivity contribution in [2.75, 3.05) is 25.2 Å². The molecule has 0 aliphatic rings. The fraction of sp³-hybridized carbons (Fsp3) is 0.385. The van der Waals surface area contributed by atoms with Crippen molar-refractivity contribution < 1.29 is 13.2 Å². The summed E-state index contributed by atoms with van der Waals surface area (Å²) in [6, 6.07) is 5.61. The molecule has 1 rings (SSSR count). The smallest absolute Gasteiger partial charge is 0.148 e. The fourth-order valence-corrected chi connectivity index (χ4v) is 2.35. The summed E-state index contributed by atoms with van der Waals surface area (Å²) in [5.41, 5.74) is 0.929. The lowest BCUT2D eigenvalue weighted by molar-refractivity contribution is 0.365. The minimum absolute atomic E-state index is 0.113. The Bertz CT molecular complexity index is 564. The van der Waals surface area contributed by atoms with Crippen LogP contribution in [0, 0.1) is 12.3 Å². The number of rotatable bonds is 7. The first kappa shape index (κ1) is 16.0. The highest BCUT2D eigenvalue weighted by Crippen LogP contribution is 2.23.